The molecule has 2 aromatic carbocycles. The lowest BCUT2D eigenvalue weighted by Gasteiger charge is -2.07. The van der Waals surface area contributed by atoms with Gasteiger partial charge < -0.3 is 9.13 Å². The largest absolute Gasteiger partial charge is 0.347 e. The highest BCUT2D eigenvalue weighted by Gasteiger charge is 2.41. The first-order valence-corrected chi connectivity index (χ1v) is 10.8. The van der Waals surface area contributed by atoms with Gasteiger partial charge >= 0.3 is 0 Å². The van der Waals surface area contributed by atoms with Gasteiger partial charge in [0.15, 0.2) is 0 Å². The first kappa shape index (κ1) is 20.3. The van der Waals surface area contributed by atoms with Crippen molar-refractivity contribution in [3.8, 4) is 0 Å². The summed E-state index contributed by atoms with van der Waals surface area (Å²) in [5, 5.41) is 2.01. The van der Waals surface area contributed by atoms with E-state index in [0.29, 0.717) is 11.1 Å². The second-order valence-corrected chi connectivity index (χ2v) is 9.00. The summed E-state index contributed by atoms with van der Waals surface area (Å²) in [5.41, 5.74) is 9.01. The average Bonchev–Trinajstić information content (AvgIpc) is 3.23. The Hall–Kier alpha value is -3.60. The highest BCUT2D eigenvalue weighted by Crippen LogP contribution is 2.44. The van der Waals surface area contributed by atoms with Crippen LogP contribution in [0.1, 0.15) is 33.6 Å². The Kier molecular flexibility index (Phi) is 4.25. The summed E-state index contributed by atoms with van der Waals surface area (Å²) < 4.78 is 4.20. The minimum Gasteiger partial charge on any atom is -0.347 e. The minimum absolute atomic E-state index is 0.244. The SMILES string of the molecule is Cc1ccc2c(c1)c(C1=C(c3c(C)n(C)c4ccc(C)cc34)C(=O)N(C)C1=O)c(C)n2C. The molecule has 4 aromatic rings. The summed E-state index contributed by atoms with van der Waals surface area (Å²) in [5.74, 6) is -0.489. The van der Waals surface area contributed by atoms with Crippen molar-refractivity contribution in [2.75, 3.05) is 7.05 Å². The van der Waals surface area contributed by atoms with E-state index in [1.165, 1.54) is 4.90 Å². The monoisotopic (exact) mass is 425 g/mol. The summed E-state index contributed by atoms with van der Waals surface area (Å²) in [6, 6.07) is 12.5. The van der Waals surface area contributed by atoms with Crippen LogP contribution in [0, 0.1) is 27.7 Å². The molecule has 0 radical (unpaired) electrons. The van der Waals surface area contributed by atoms with Gasteiger partial charge in [-0.2, -0.15) is 0 Å². The molecule has 162 valence electrons. The molecule has 0 atom stereocenters. The van der Waals surface area contributed by atoms with E-state index < -0.39 is 0 Å². The highest BCUT2D eigenvalue weighted by atomic mass is 16.2. The molecule has 0 spiro atoms. The van der Waals surface area contributed by atoms with Crippen molar-refractivity contribution in [1.29, 1.82) is 0 Å². The molecule has 2 aromatic heterocycles. The van der Waals surface area contributed by atoms with Gasteiger partial charge in [0.05, 0.1) is 11.1 Å². The molecule has 5 nitrogen and oxygen atoms in total. The predicted octanol–water partition coefficient (Wildman–Crippen LogP) is 4.81. The summed E-state index contributed by atoms with van der Waals surface area (Å²) in [4.78, 5) is 28.3. The number of likely N-dealkylation sites (N-methyl/N-ethyl adjacent to an activating group) is 1. The molecule has 1 aliphatic heterocycles. The molecule has 5 heteroatoms. The molecule has 2 amide bonds. The van der Waals surface area contributed by atoms with E-state index in [9.17, 15) is 9.59 Å². The van der Waals surface area contributed by atoms with Crippen molar-refractivity contribution in [2.45, 2.75) is 27.7 Å². The van der Waals surface area contributed by atoms with E-state index in [2.05, 4.69) is 45.5 Å². The lowest BCUT2D eigenvalue weighted by Crippen LogP contribution is -2.26. The number of aryl methyl sites for hydroxylation is 4. The molecule has 0 fully saturated rings. The standard InChI is InChI=1S/C27H27N3O2/c1-14-8-10-20-18(12-14)22(16(3)28(20)5)24-25(27(32)30(7)26(24)31)23-17(4)29(6)21-11-9-15(2)13-19(21)23/h8-13H,1-7H3. The normalized spacial score (nSPS) is 14.7. The lowest BCUT2D eigenvalue weighted by molar-refractivity contribution is -0.134. The van der Waals surface area contributed by atoms with Crippen molar-refractivity contribution in [2.24, 2.45) is 14.1 Å². The number of amides is 2. The van der Waals surface area contributed by atoms with Gasteiger partial charge in [0.2, 0.25) is 0 Å². The number of imide groups is 1. The maximum atomic E-state index is 13.5. The molecule has 0 bridgehead atoms. The molecule has 0 saturated carbocycles. The topological polar surface area (TPSA) is 47.2 Å². The van der Waals surface area contributed by atoms with Crippen LogP contribution in [0.5, 0.6) is 0 Å². The van der Waals surface area contributed by atoms with Gasteiger partial charge in [-0.1, -0.05) is 23.3 Å². The third-order valence-corrected chi connectivity index (χ3v) is 7.08. The van der Waals surface area contributed by atoms with Crippen molar-refractivity contribution in [1.82, 2.24) is 14.0 Å². The number of nitrogens with zero attached hydrogens (tertiary/aromatic N) is 3. The zero-order valence-corrected chi connectivity index (χ0v) is 19.6. The second kappa shape index (κ2) is 6.70. The number of hydrogen-bond donors (Lipinski definition) is 0. The summed E-state index contributed by atoms with van der Waals surface area (Å²) in [7, 11) is 5.59. The van der Waals surface area contributed by atoms with Crippen LogP contribution in [-0.2, 0) is 23.7 Å². The Morgan fingerprint density at radius 3 is 1.34 bits per heavy atom. The first-order valence-electron chi connectivity index (χ1n) is 10.8. The van der Waals surface area contributed by atoms with Crippen LogP contribution in [0.15, 0.2) is 36.4 Å². The maximum Gasteiger partial charge on any atom is 0.262 e. The first-order chi connectivity index (χ1) is 15.1. The van der Waals surface area contributed by atoms with E-state index in [1.807, 2.05) is 41.8 Å². The third-order valence-electron chi connectivity index (χ3n) is 7.08. The molecule has 5 rings (SSSR count). The zero-order valence-electron chi connectivity index (χ0n) is 19.6. The quantitative estimate of drug-likeness (QED) is 0.433. The number of rotatable bonds is 2. The molecule has 0 saturated heterocycles. The van der Waals surface area contributed by atoms with Crippen LogP contribution in [0.4, 0.5) is 0 Å². The van der Waals surface area contributed by atoms with E-state index in [1.54, 1.807) is 7.05 Å². The van der Waals surface area contributed by atoms with Crippen molar-refractivity contribution >= 4 is 44.8 Å². The van der Waals surface area contributed by atoms with Crippen molar-refractivity contribution in [3.05, 3.63) is 70.0 Å². The van der Waals surface area contributed by atoms with Gasteiger partial charge in [0.25, 0.3) is 11.8 Å². The molecule has 3 heterocycles. The Balaban J connectivity index is 1.97. The zero-order chi connectivity index (χ0) is 23.1. The Labute approximate surface area is 187 Å². The Morgan fingerprint density at radius 1 is 0.594 bits per heavy atom. The molecule has 0 N–H and O–H groups in total. The van der Waals surface area contributed by atoms with Crippen molar-refractivity contribution < 1.29 is 9.59 Å². The third kappa shape index (κ3) is 2.51. The predicted molar refractivity (Wildman–Crippen MR) is 129 cm³/mol. The van der Waals surface area contributed by atoms with Gasteiger partial charge in [0.1, 0.15) is 0 Å². The smallest absolute Gasteiger partial charge is 0.262 e. The van der Waals surface area contributed by atoms with E-state index in [4.69, 9.17) is 0 Å². The van der Waals surface area contributed by atoms with Crippen LogP contribution in [0.2, 0.25) is 0 Å². The maximum absolute atomic E-state index is 13.5. The fourth-order valence-electron chi connectivity index (χ4n) is 5.11. The number of aromatic nitrogens is 2. The van der Waals surface area contributed by atoms with Gasteiger partial charge in [-0.15, -0.1) is 0 Å². The molecular formula is C27H27N3O2. The van der Waals surface area contributed by atoms with Gasteiger partial charge in [0, 0.05) is 65.5 Å². The highest BCUT2D eigenvalue weighted by molar-refractivity contribution is 6.50. The molecular weight excluding hydrogens is 398 g/mol. The fourth-order valence-corrected chi connectivity index (χ4v) is 5.11. The van der Waals surface area contributed by atoms with Crippen LogP contribution >= 0.6 is 0 Å². The summed E-state index contributed by atoms with van der Waals surface area (Å²) in [6.45, 7) is 8.13. The second-order valence-electron chi connectivity index (χ2n) is 9.00. The van der Waals surface area contributed by atoms with Crippen LogP contribution in [0.25, 0.3) is 33.0 Å². The summed E-state index contributed by atoms with van der Waals surface area (Å²) >= 11 is 0. The molecule has 0 unspecified atom stereocenters. The van der Waals surface area contributed by atoms with E-state index in [0.717, 1.165) is 55.4 Å². The van der Waals surface area contributed by atoms with Gasteiger partial charge in [-0.25, -0.2) is 0 Å². The van der Waals surface area contributed by atoms with E-state index >= 15 is 0 Å². The minimum atomic E-state index is -0.244. The summed E-state index contributed by atoms with van der Waals surface area (Å²) in [6.07, 6.45) is 0. The van der Waals surface area contributed by atoms with Crippen LogP contribution in [0.3, 0.4) is 0 Å². The number of fused-ring (bicyclic) bond motifs is 2. The molecule has 1 aliphatic rings. The number of hydrogen-bond acceptors (Lipinski definition) is 2. The van der Waals surface area contributed by atoms with Crippen LogP contribution < -0.4 is 0 Å². The lowest BCUT2D eigenvalue weighted by atomic mass is 9.92. The fraction of sp³-hybridized carbons (Fsp3) is 0.259. The number of benzene rings is 2. The Bertz CT molecular complexity index is 1410. The van der Waals surface area contributed by atoms with Gasteiger partial charge in [-0.3, -0.25) is 14.5 Å². The van der Waals surface area contributed by atoms with E-state index in [-0.39, 0.29) is 11.8 Å². The molecule has 32 heavy (non-hydrogen) atoms. The number of carbonyl (C=O) groups is 2. The molecule has 0 aliphatic carbocycles. The van der Waals surface area contributed by atoms with Crippen LogP contribution in [-0.4, -0.2) is 32.9 Å². The number of carbonyl (C=O) groups excluding carboxylic acids is 2. The van der Waals surface area contributed by atoms with Crippen molar-refractivity contribution in [3.63, 3.8) is 0 Å². The average molecular weight is 426 g/mol. The van der Waals surface area contributed by atoms with Gasteiger partial charge in [-0.05, 0) is 52.0 Å². The Morgan fingerprint density at radius 2 is 0.969 bits per heavy atom.